The third kappa shape index (κ3) is 3.30. The van der Waals surface area contributed by atoms with Crippen LogP contribution in [0.25, 0.3) is 0 Å². The van der Waals surface area contributed by atoms with E-state index in [4.69, 9.17) is 0 Å². The van der Waals surface area contributed by atoms with E-state index in [-0.39, 0.29) is 0 Å². The number of nitrogens with zero attached hydrogens (tertiary/aromatic N) is 4. The second kappa shape index (κ2) is 5.96. The zero-order chi connectivity index (χ0) is 13.8. The first kappa shape index (κ1) is 13.0. The predicted molar refractivity (Wildman–Crippen MR) is 78.3 cm³/mol. The Kier molecular flexibility index (Phi) is 3.87. The molecule has 2 aromatic heterocycles. The van der Waals surface area contributed by atoms with Gasteiger partial charge in [-0.05, 0) is 31.0 Å². The Morgan fingerprint density at radius 2 is 2.30 bits per heavy atom. The van der Waals surface area contributed by atoms with Gasteiger partial charge in [-0.1, -0.05) is 6.07 Å². The normalized spacial score (nSPS) is 19.1. The SMILES string of the molecule is Cc1ccnc(NC2CCN(Cc3cccnc3)C2)n1. The number of likely N-dealkylation sites (tertiary alicyclic amines) is 1. The molecule has 5 heteroatoms. The van der Waals surface area contributed by atoms with E-state index in [0.29, 0.717) is 6.04 Å². The summed E-state index contributed by atoms with van der Waals surface area (Å²) in [6.45, 7) is 5.06. The highest BCUT2D eigenvalue weighted by atomic mass is 15.2. The number of hydrogen-bond donors (Lipinski definition) is 1. The summed E-state index contributed by atoms with van der Waals surface area (Å²) in [5.74, 6) is 0.734. The van der Waals surface area contributed by atoms with Gasteiger partial charge >= 0.3 is 0 Å². The molecule has 5 nitrogen and oxygen atoms in total. The van der Waals surface area contributed by atoms with Gasteiger partial charge in [-0.25, -0.2) is 9.97 Å². The molecule has 0 aliphatic carbocycles. The van der Waals surface area contributed by atoms with Crippen molar-refractivity contribution in [2.24, 2.45) is 0 Å². The largest absolute Gasteiger partial charge is 0.350 e. The van der Waals surface area contributed by atoms with Crippen molar-refractivity contribution in [1.29, 1.82) is 0 Å². The number of nitrogens with one attached hydrogen (secondary N) is 1. The molecule has 1 aliphatic rings. The highest BCUT2D eigenvalue weighted by molar-refractivity contribution is 5.27. The maximum Gasteiger partial charge on any atom is 0.223 e. The Morgan fingerprint density at radius 3 is 3.10 bits per heavy atom. The standard InChI is InChI=1S/C15H19N5/c1-12-4-7-17-15(18-12)19-14-5-8-20(11-14)10-13-3-2-6-16-9-13/h2-4,6-7,9,14H,5,8,10-11H2,1H3,(H,17,18,19). The fourth-order valence-corrected chi connectivity index (χ4v) is 2.54. The van der Waals surface area contributed by atoms with Crippen LogP contribution in [0, 0.1) is 6.92 Å². The van der Waals surface area contributed by atoms with Crippen molar-refractivity contribution < 1.29 is 0 Å². The first-order valence-corrected chi connectivity index (χ1v) is 6.97. The smallest absolute Gasteiger partial charge is 0.223 e. The molecule has 0 spiro atoms. The summed E-state index contributed by atoms with van der Waals surface area (Å²) in [6.07, 6.45) is 6.67. The Bertz CT molecular complexity index is 557. The fraction of sp³-hybridized carbons (Fsp3) is 0.400. The molecule has 3 heterocycles. The van der Waals surface area contributed by atoms with Crippen LogP contribution in [0.15, 0.2) is 36.8 Å². The van der Waals surface area contributed by atoms with Gasteiger partial charge in [0.15, 0.2) is 0 Å². The minimum atomic E-state index is 0.425. The number of pyridine rings is 1. The van der Waals surface area contributed by atoms with Crippen LogP contribution in [0.4, 0.5) is 5.95 Å². The molecule has 1 aliphatic heterocycles. The molecule has 0 aromatic carbocycles. The van der Waals surface area contributed by atoms with Crippen LogP contribution >= 0.6 is 0 Å². The van der Waals surface area contributed by atoms with Gasteiger partial charge in [-0.15, -0.1) is 0 Å². The van der Waals surface area contributed by atoms with Crippen molar-refractivity contribution in [3.05, 3.63) is 48.0 Å². The molecule has 1 N–H and O–H groups in total. The summed E-state index contributed by atoms with van der Waals surface area (Å²) in [4.78, 5) is 15.3. The summed E-state index contributed by atoms with van der Waals surface area (Å²) in [7, 11) is 0. The fourth-order valence-electron chi connectivity index (χ4n) is 2.54. The Hall–Kier alpha value is -2.01. The predicted octanol–water partition coefficient (Wildman–Crippen LogP) is 1.87. The molecule has 0 amide bonds. The van der Waals surface area contributed by atoms with Gasteiger partial charge < -0.3 is 5.32 Å². The topological polar surface area (TPSA) is 53.9 Å². The summed E-state index contributed by atoms with van der Waals surface area (Å²) in [6, 6.07) is 6.45. The minimum absolute atomic E-state index is 0.425. The van der Waals surface area contributed by atoms with E-state index >= 15 is 0 Å². The van der Waals surface area contributed by atoms with E-state index < -0.39 is 0 Å². The summed E-state index contributed by atoms with van der Waals surface area (Å²) in [5.41, 5.74) is 2.26. The molecule has 2 aromatic rings. The third-order valence-corrected chi connectivity index (χ3v) is 3.53. The first-order chi connectivity index (χ1) is 9.79. The van der Waals surface area contributed by atoms with Crippen molar-refractivity contribution >= 4 is 5.95 Å². The average molecular weight is 269 g/mol. The van der Waals surface area contributed by atoms with E-state index in [1.165, 1.54) is 5.56 Å². The summed E-state index contributed by atoms with van der Waals surface area (Å²) >= 11 is 0. The van der Waals surface area contributed by atoms with Crippen molar-refractivity contribution in [3.63, 3.8) is 0 Å². The van der Waals surface area contributed by atoms with Gasteiger partial charge in [0.05, 0.1) is 0 Å². The number of hydrogen-bond acceptors (Lipinski definition) is 5. The van der Waals surface area contributed by atoms with Crippen molar-refractivity contribution in [2.45, 2.75) is 25.9 Å². The zero-order valence-corrected chi connectivity index (χ0v) is 11.7. The summed E-state index contributed by atoms with van der Waals surface area (Å²) < 4.78 is 0. The Labute approximate surface area is 119 Å². The first-order valence-electron chi connectivity index (χ1n) is 6.97. The van der Waals surface area contributed by atoms with Crippen molar-refractivity contribution in [1.82, 2.24) is 19.9 Å². The number of aryl methyl sites for hydroxylation is 1. The van der Waals surface area contributed by atoms with Gasteiger partial charge in [0, 0.05) is 50.0 Å². The molecule has 3 rings (SSSR count). The van der Waals surface area contributed by atoms with Crippen LogP contribution in [0.1, 0.15) is 17.7 Å². The maximum absolute atomic E-state index is 4.39. The number of anilines is 1. The molecule has 0 saturated carbocycles. The molecule has 0 bridgehead atoms. The molecular formula is C15H19N5. The summed E-state index contributed by atoms with van der Waals surface area (Å²) in [5, 5.41) is 3.42. The van der Waals surface area contributed by atoms with Gasteiger partial charge in [-0.3, -0.25) is 9.88 Å². The van der Waals surface area contributed by atoms with E-state index in [0.717, 1.165) is 37.7 Å². The van der Waals surface area contributed by atoms with E-state index in [9.17, 15) is 0 Å². The second-order valence-electron chi connectivity index (χ2n) is 5.25. The lowest BCUT2D eigenvalue weighted by molar-refractivity contribution is 0.328. The molecule has 104 valence electrons. The van der Waals surface area contributed by atoms with Crippen LogP contribution in [-0.4, -0.2) is 39.0 Å². The van der Waals surface area contributed by atoms with Crippen LogP contribution in [-0.2, 0) is 6.54 Å². The van der Waals surface area contributed by atoms with Gasteiger partial charge in [0.1, 0.15) is 0 Å². The lowest BCUT2D eigenvalue weighted by Gasteiger charge is -2.16. The van der Waals surface area contributed by atoms with Crippen LogP contribution < -0.4 is 5.32 Å². The van der Waals surface area contributed by atoms with Crippen molar-refractivity contribution in [3.8, 4) is 0 Å². The molecule has 1 saturated heterocycles. The molecule has 20 heavy (non-hydrogen) atoms. The van der Waals surface area contributed by atoms with Gasteiger partial charge in [0.2, 0.25) is 5.95 Å². The quantitative estimate of drug-likeness (QED) is 0.918. The Balaban J connectivity index is 1.54. The highest BCUT2D eigenvalue weighted by Gasteiger charge is 2.22. The van der Waals surface area contributed by atoms with Crippen LogP contribution in [0.5, 0.6) is 0 Å². The van der Waals surface area contributed by atoms with Crippen LogP contribution in [0.2, 0.25) is 0 Å². The Morgan fingerprint density at radius 1 is 1.35 bits per heavy atom. The van der Waals surface area contributed by atoms with E-state index in [1.807, 2.05) is 31.5 Å². The number of aromatic nitrogens is 3. The monoisotopic (exact) mass is 269 g/mol. The minimum Gasteiger partial charge on any atom is -0.350 e. The second-order valence-corrected chi connectivity index (χ2v) is 5.25. The van der Waals surface area contributed by atoms with Gasteiger partial charge in [0.25, 0.3) is 0 Å². The zero-order valence-electron chi connectivity index (χ0n) is 11.7. The van der Waals surface area contributed by atoms with E-state index in [1.54, 1.807) is 6.20 Å². The molecule has 1 atom stereocenters. The van der Waals surface area contributed by atoms with E-state index in [2.05, 4.69) is 31.2 Å². The third-order valence-electron chi connectivity index (χ3n) is 3.53. The average Bonchev–Trinajstić information content (AvgIpc) is 2.87. The highest BCUT2D eigenvalue weighted by Crippen LogP contribution is 2.15. The van der Waals surface area contributed by atoms with Gasteiger partial charge in [-0.2, -0.15) is 0 Å². The molecule has 1 unspecified atom stereocenters. The molecule has 1 fully saturated rings. The maximum atomic E-state index is 4.39. The van der Waals surface area contributed by atoms with Crippen LogP contribution in [0.3, 0.4) is 0 Å². The lowest BCUT2D eigenvalue weighted by Crippen LogP contribution is -2.26. The molecular weight excluding hydrogens is 250 g/mol. The number of rotatable bonds is 4. The lowest BCUT2D eigenvalue weighted by atomic mass is 10.2. The van der Waals surface area contributed by atoms with Crippen molar-refractivity contribution in [2.75, 3.05) is 18.4 Å². The molecule has 0 radical (unpaired) electrons.